The molecule has 1 aliphatic carbocycles. The molecule has 2 fully saturated rings. The lowest BCUT2D eigenvalue weighted by Gasteiger charge is -2.40. The Morgan fingerprint density at radius 2 is 1.71 bits per heavy atom. The Morgan fingerprint density at radius 3 is 2.26 bits per heavy atom. The van der Waals surface area contributed by atoms with Gasteiger partial charge in [0.25, 0.3) is 15.9 Å². The smallest absolute Gasteiger partial charge is 0.282 e. The van der Waals surface area contributed by atoms with Crippen LogP contribution in [-0.2, 0) is 15.0 Å². The van der Waals surface area contributed by atoms with E-state index < -0.39 is 21.2 Å². The van der Waals surface area contributed by atoms with Crippen LogP contribution in [0.1, 0.15) is 39.0 Å². The molecule has 1 aromatic carbocycles. The van der Waals surface area contributed by atoms with Crippen molar-refractivity contribution in [2.75, 3.05) is 38.5 Å². The van der Waals surface area contributed by atoms with Crippen LogP contribution < -0.4 is 5.32 Å². The lowest BCUT2D eigenvalue weighted by atomic mass is 9.96. The summed E-state index contributed by atoms with van der Waals surface area (Å²) in [6.45, 7) is 3.39. The molecular weight excluding hydrogens is 422 g/mol. The average molecular weight is 454 g/mol. The fourth-order valence-corrected chi connectivity index (χ4v) is 5.79. The van der Waals surface area contributed by atoms with Crippen molar-refractivity contribution in [2.45, 2.75) is 51.1 Å². The molecule has 0 bridgehead atoms. The molecule has 31 heavy (non-hydrogen) atoms. The van der Waals surface area contributed by atoms with Gasteiger partial charge in [0.2, 0.25) is 5.91 Å². The van der Waals surface area contributed by atoms with Crippen molar-refractivity contribution in [3.63, 3.8) is 0 Å². The van der Waals surface area contributed by atoms with Gasteiger partial charge in [-0.2, -0.15) is 17.0 Å². The van der Waals surface area contributed by atoms with Gasteiger partial charge in [-0.05, 0) is 31.9 Å². The number of piperazine rings is 1. The van der Waals surface area contributed by atoms with Crippen molar-refractivity contribution < 1.29 is 18.1 Å². The molecule has 1 heterocycles. The van der Waals surface area contributed by atoms with Crippen LogP contribution in [0.2, 0.25) is 0 Å². The average Bonchev–Trinajstić information content (AvgIpc) is 2.79. The fourth-order valence-electron chi connectivity index (χ4n) is 4.22. The Labute approximate surface area is 183 Å². The Morgan fingerprint density at radius 1 is 1.13 bits per heavy atom. The Kier molecular flexibility index (Phi) is 7.63. The molecule has 3 rings (SSSR count). The third-order valence-electron chi connectivity index (χ3n) is 6.33. The molecular formula is C20H31N5O5S. The molecule has 1 saturated heterocycles. The molecule has 1 N–H and O–H groups in total. The highest BCUT2D eigenvalue weighted by Crippen LogP contribution is 2.25. The first-order valence-electron chi connectivity index (χ1n) is 10.7. The van der Waals surface area contributed by atoms with E-state index in [0.29, 0.717) is 31.9 Å². The first kappa shape index (κ1) is 23.6. The van der Waals surface area contributed by atoms with Crippen molar-refractivity contribution in [2.24, 2.45) is 0 Å². The summed E-state index contributed by atoms with van der Waals surface area (Å²) in [5, 5.41) is 13.5. The third-order valence-corrected chi connectivity index (χ3v) is 8.37. The van der Waals surface area contributed by atoms with Crippen molar-refractivity contribution in [1.82, 2.24) is 13.5 Å². The number of carbonyl (C=O) groups is 1. The summed E-state index contributed by atoms with van der Waals surface area (Å²) >= 11 is 0. The summed E-state index contributed by atoms with van der Waals surface area (Å²) in [6, 6.07) is 5.29. The first-order chi connectivity index (χ1) is 14.7. The Hall–Kier alpha value is -2.08. The lowest BCUT2D eigenvalue weighted by molar-refractivity contribution is -0.384. The molecule has 2 aliphatic rings. The number of carbonyl (C=O) groups excluding carboxylic acids is 1. The van der Waals surface area contributed by atoms with Gasteiger partial charge in [0, 0.05) is 57.1 Å². The molecule has 0 spiro atoms. The first-order valence-corrected chi connectivity index (χ1v) is 12.1. The number of benzene rings is 1. The number of non-ortho nitro benzene ring substituents is 1. The topological polar surface area (TPSA) is 116 Å². The van der Waals surface area contributed by atoms with Crippen LogP contribution >= 0.6 is 0 Å². The summed E-state index contributed by atoms with van der Waals surface area (Å²) in [4.78, 5) is 24.8. The molecule has 10 nitrogen and oxygen atoms in total. The van der Waals surface area contributed by atoms with E-state index in [0.717, 1.165) is 25.7 Å². The standard InChI is InChI=1S/C20H31N5O5S/c1-16(20(26)21-17-8-10-19(11-9-17)25(27)28)23-12-14-24(15-13-23)31(29,30)22(2)18-6-4-3-5-7-18/h8-11,16,18H,3-7,12-15H2,1-2H3,(H,21,26). The van der Waals surface area contributed by atoms with Crippen molar-refractivity contribution in [3.8, 4) is 0 Å². The van der Waals surface area contributed by atoms with Crippen LogP contribution in [-0.4, -0.2) is 78.1 Å². The van der Waals surface area contributed by atoms with E-state index in [1.807, 2.05) is 4.90 Å². The molecule has 11 heteroatoms. The number of nitro groups is 1. The monoisotopic (exact) mass is 453 g/mol. The number of rotatable bonds is 7. The van der Waals surface area contributed by atoms with Gasteiger partial charge in [0.05, 0.1) is 11.0 Å². The van der Waals surface area contributed by atoms with E-state index >= 15 is 0 Å². The van der Waals surface area contributed by atoms with E-state index in [-0.39, 0.29) is 17.6 Å². The number of hydrogen-bond acceptors (Lipinski definition) is 6. The van der Waals surface area contributed by atoms with Gasteiger partial charge in [-0.15, -0.1) is 0 Å². The summed E-state index contributed by atoms with van der Waals surface area (Å²) in [5.74, 6) is -0.232. The highest BCUT2D eigenvalue weighted by atomic mass is 32.2. The van der Waals surface area contributed by atoms with Crippen LogP contribution in [0.15, 0.2) is 24.3 Å². The predicted molar refractivity (Wildman–Crippen MR) is 118 cm³/mol. The minimum Gasteiger partial charge on any atom is -0.325 e. The highest BCUT2D eigenvalue weighted by molar-refractivity contribution is 7.86. The highest BCUT2D eigenvalue weighted by Gasteiger charge is 2.36. The number of anilines is 1. The number of hydrogen-bond donors (Lipinski definition) is 1. The molecule has 0 aromatic heterocycles. The molecule has 172 valence electrons. The number of nitrogens with one attached hydrogen (secondary N) is 1. The van der Waals surface area contributed by atoms with Crippen molar-refractivity contribution in [3.05, 3.63) is 34.4 Å². The number of amides is 1. The van der Waals surface area contributed by atoms with Crippen LogP contribution in [0.3, 0.4) is 0 Å². The number of nitrogens with zero attached hydrogens (tertiary/aromatic N) is 4. The second kappa shape index (κ2) is 10.0. The second-order valence-electron chi connectivity index (χ2n) is 8.22. The zero-order chi connectivity index (χ0) is 22.6. The molecule has 0 radical (unpaired) electrons. The van der Waals surface area contributed by atoms with Gasteiger partial charge in [0.15, 0.2) is 0 Å². The van der Waals surface area contributed by atoms with Gasteiger partial charge in [-0.1, -0.05) is 19.3 Å². The Bertz CT molecular complexity index is 878. The van der Waals surface area contributed by atoms with Crippen molar-refractivity contribution >= 4 is 27.5 Å². The van der Waals surface area contributed by atoms with E-state index in [1.165, 1.54) is 39.3 Å². The molecule has 1 saturated carbocycles. The minimum absolute atomic E-state index is 0.0402. The van der Waals surface area contributed by atoms with Crippen LogP contribution in [0.25, 0.3) is 0 Å². The second-order valence-corrected chi connectivity index (χ2v) is 10.2. The molecule has 1 aromatic rings. The van der Waals surface area contributed by atoms with E-state index in [1.54, 1.807) is 14.0 Å². The van der Waals surface area contributed by atoms with E-state index in [9.17, 15) is 23.3 Å². The third kappa shape index (κ3) is 5.59. The summed E-state index contributed by atoms with van der Waals surface area (Å²) in [5.41, 5.74) is 0.444. The van der Waals surface area contributed by atoms with E-state index in [4.69, 9.17) is 0 Å². The number of nitro benzene ring substituents is 1. The zero-order valence-corrected chi connectivity index (χ0v) is 18.9. The maximum Gasteiger partial charge on any atom is 0.282 e. The lowest BCUT2D eigenvalue weighted by Crippen LogP contribution is -2.57. The van der Waals surface area contributed by atoms with Gasteiger partial charge in [0.1, 0.15) is 0 Å². The fraction of sp³-hybridized carbons (Fsp3) is 0.650. The van der Waals surface area contributed by atoms with Crippen LogP contribution in [0.5, 0.6) is 0 Å². The largest absolute Gasteiger partial charge is 0.325 e. The normalized spacial score (nSPS) is 20.5. The predicted octanol–water partition coefficient (Wildman–Crippen LogP) is 2.05. The Balaban J connectivity index is 1.53. The van der Waals surface area contributed by atoms with Crippen LogP contribution in [0.4, 0.5) is 11.4 Å². The van der Waals surface area contributed by atoms with Gasteiger partial charge >= 0.3 is 0 Å². The maximum atomic E-state index is 13.0. The summed E-state index contributed by atoms with van der Waals surface area (Å²) in [6.07, 6.45) is 5.13. The van der Waals surface area contributed by atoms with Gasteiger partial charge in [-0.3, -0.25) is 19.8 Å². The SMILES string of the molecule is CC(C(=O)Nc1ccc([N+](=O)[O-])cc1)N1CCN(S(=O)(=O)N(C)C2CCCCC2)CC1. The molecule has 1 aliphatic heterocycles. The summed E-state index contributed by atoms with van der Waals surface area (Å²) < 4.78 is 29.1. The minimum atomic E-state index is -3.51. The van der Waals surface area contributed by atoms with Gasteiger partial charge in [-0.25, -0.2) is 0 Å². The maximum absolute atomic E-state index is 13.0. The van der Waals surface area contributed by atoms with E-state index in [2.05, 4.69) is 5.32 Å². The zero-order valence-electron chi connectivity index (χ0n) is 18.1. The molecule has 1 atom stereocenters. The van der Waals surface area contributed by atoms with Crippen LogP contribution in [0, 0.1) is 10.1 Å². The molecule has 1 unspecified atom stereocenters. The summed E-state index contributed by atoms with van der Waals surface area (Å²) in [7, 11) is -1.83. The van der Waals surface area contributed by atoms with Crippen molar-refractivity contribution in [1.29, 1.82) is 0 Å². The quantitative estimate of drug-likeness (QED) is 0.499. The molecule has 1 amide bonds. The van der Waals surface area contributed by atoms with Gasteiger partial charge < -0.3 is 5.32 Å².